The highest BCUT2D eigenvalue weighted by molar-refractivity contribution is 6.34. The van der Waals surface area contributed by atoms with E-state index in [0.29, 0.717) is 22.5 Å². The molecule has 4 nitrogen and oxygen atoms in total. The van der Waals surface area contributed by atoms with E-state index in [0.717, 1.165) is 38.5 Å². The van der Waals surface area contributed by atoms with Crippen LogP contribution in [-0.4, -0.2) is 24.4 Å². The molecule has 0 aliphatic carbocycles. The van der Waals surface area contributed by atoms with Gasteiger partial charge in [-0.1, -0.05) is 48.9 Å². The van der Waals surface area contributed by atoms with Gasteiger partial charge in [-0.3, -0.25) is 9.59 Å². The van der Waals surface area contributed by atoms with Crippen molar-refractivity contribution in [1.29, 1.82) is 0 Å². The molecule has 0 unspecified atom stereocenters. The highest BCUT2D eigenvalue weighted by atomic mass is 35.5. The maximum atomic E-state index is 11.7. The molecule has 7 heteroatoms. The third kappa shape index (κ3) is 11.3. The van der Waals surface area contributed by atoms with E-state index in [1.807, 2.05) is 0 Å². The Balaban J connectivity index is 2.10. The van der Waals surface area contributed by atoms with Gasteiger partial charge in [-0.15, -0.1) is 11.6 Å². The number of rotatable bonds is 12. The van der Waals surface area contributed by atoms with Crippen molar-refractivity contribution in [2.45, 2.75) is 51.4 Å². The van der Waals surface area contributed by atoms with Crippen molar-refractivity contribution in [3.8, 4) is 5.75 Å². The van der Waals surface area contributed by atoms with Crippen LogP contribution in [-0.2, 0) is 14.3 Å². The molecule has 0 bridgehead atoms. The smallest absolute Gasteiger partial charge is 0.311 e. The average Bonchev–Trinajstić information content (AvgIpc) is 2.54. The van der Waals surface area contributed by atoms with Gasteiger partial charge < -0.3 is 9.47 Å². The second-order valence-electron chi connectivity index (χ2n) is 5.61. The fourth-order valence-electron chi connectivity index (χ4n) is 2.14. The minimum absolute atomic E-state index is 0.0111. The number of unbranched alkanes of at least 4 members (excludes halogenated alkanes) is 5. The van der Waals surface area contributed by atoms with Crippen LogP contribution in [0.2, 0.25) is 10.0 Å². The van der Waals surface area contributed by atoms with Crippen LogP contribution in [0.1, 0.15) is 51.4 Å². The van der Waals surface area contributed by atoms with Gasteiger partial charge in [0.1, 0.15) is 5.75 Å². The first-order chi connectivity index (χ1) is 12.0. The van der Waals surface area contributed by atoms with Crippen LogP contribution in [0.25, 0.3) is 0 Å². The summed E-state index contributed by atoms with van der Waals surface area (Å²) >= 11 is 17.3. The zero-order chi connectivity index (χ0) is 18.5. The predicted molar refractivity (Wildman–Crippen MR) is 101 cm³/mol. The van der Waals surface area contributed by atoms with Crippen LogP contribution in [0.3, 0.4) is 0 Å². The fourth-order valence-corrected chi connectivity index (χ4v) is 2.83. The second-order valence-corrected chi connectivity index (χ2v) is 6.86. The summed E-state index contributed by atoms with van der Waals surface area (Å²) in [6.07, 6.45) is 6.25. The zero-order valence-corrected chi connectivity index (χ0v) is 16.3. The van der Waals surface area contributed by atoms with Crippen LogP contribution in [0, 0.1) is 0 Å². The van der Waals surface area contributed by atoms with E-state index < -0.39 is 11.9 Å². The number of benzene rings is 1. The molecule has 0 saturated carbocycles. The molecule has 0 amide bonds. The van der Waals surface area contributed by atoms with Gasteiger partial charge in [0.25, 0.3) is 0 Å². The van der Waals surface area contributed by atoms with Gasteiger partial charge in [-0.2, -0.15) is 0 Å². The summed E-state index contributed by atoms with van der Waals surface area (Å²) < 4.78 is 10.2. The van der Waals surface area contributed by atoms with Gasteiger partial charge in [0.15, 0.2) is 0 Å². The van der Waals surface area contributed by atoms with Crippen LogP contribution >= 0.6 is 34.8 Å². The Kier molecular flexibility index (Phi) is 11.7. The monoisotopic (exact) mass is 408 g/mol. The van der Waals surface area contributed by atoms with Gasteiger partial charge >= 0.3 is 11.9 Å². The van der Waals surface area contributed by atoms with Gasteiger partial charge in [0.2, 0.25) is 0 Å². The summed E-state index contributed by atoms with van der Waals surface area (Å²) in [5.41, 5.74) is 0. The standard InChI is InChI=1S/C18H23Cl3O4/c19-9-5-3-1-2-4-6-10-24-17(22)7-8-18(23)25-16-12-14(20)11-15(21)13-16/h11-13H,1-10H2. The summed E-state index contributed by atoms with van der Waals surface area (Å²) in [7, 11) is 0. The number of ether oxygens (including phenoxy) is 2. The molecule has 0 spiro atoms. The minimum Gasteiger partial charge on any atom is -0.466 e. The second kappa shape index (κ2) is 13.3. The average molecular weight is 410 g/mol. The Morgan fingerprint density at radius 1 is 0.800 bits per heavy atom. The molecular formula is C18H23Cl3O4. The quantitative estimate of drug-likeness (QED) is 0.189. The first-order valence-electron chi connectivity index (χ1n) is 8.39. The maximum Gasteiger partial charge on any atom is 0.311 e. The number of alkyl halides is 1. The molecule has 25 heavy (non-hydrogen) atoms. The molecule has 1 rings (SSSR count). The maximum absolute atomic E-state index is 11.7. The molecule has 140 valence electrons. The Labute approximate surface area is 163 Å². The predicted octanol–water partition coefficient (Wildman–Crippen LogP) is 5.80. The molecule has 0 saturated heterocycles. The van der Waals surface area contributed by atoms with E-state index in [1.165, 1.54) is 18.2 Å². The molecule has 0 aliphatic heterocycles. The van der Waals surface area contributed by atoms with E-state index in [1.54, 1.807) is 0 Å². The number of hydrogen-bond donors (Lipinski definition) is 0. The van der Waals surface area contributed by atoms with Crippen molar-refractivity contribution in [2.75, 3.05) is 12.5 Å². The topological polar surface area (TPSA) is 52.6 Å². The third-order valence-corrected chi connectivity index (χ3v) is 4.10. The van der Waals surface area contributed by atoms with Crippen LogP contribution in [0.15, 0.2) is 18.2 Å². The van der Waals surface area contributed by atoms with Crippen molar-refractivity contribution in [3.05, 3.63) is 28.2 Å². The lowest BCUT2D eigenvalue weighted by molar-refractivity contribution is -0.147. The molecule has 0 radical (unpaired) electrons. The molecule has 1 aromatic rings. The molecule has 0 atom stereocenters. The van der Waals surface area contributed by atoms with E-state index in [9.17, 15) is 9.59 Å². The molecular weight excluding hydrogens is 387 g/mol. The molecule has 0 N–H and O–H groups in total. The molecule has 0 fully saturated rings. The van der Waals surface area contributed by atoms with Gasteiger partial charge in [0.05, 0.1) is 19.4 Å². The van der Waals surface area contributed by atoms with Crippen molar-refractivity contribution >= 4 is 46.7 Å². The largest absolute Gasteiger partial charge is 0.466 e. The van der Waals surface area contributed by atoms with E-state index >= 15 is 0 Å². The van der Waals surface area contributed by atoms with E-state index in [-0.39, 0.29) is 18.6 Å². The van der Waals surface area contributed by atoms with Crippen molar-refractivity contribution in [1.82, 2.24) is 0 Å². The first kappa shape index (κ1) is 22.1. The molecule has 0 aliphatic rings. The number of halogens is 3. The van der Waals surface area contributed by atoms with Crippen LogP contribution in [0.4, 0.5) is 0 Å². The highest BCUT2D eigenvalue weighted by Gasteiger charge is 2.11. The van der Waals surface area contributed by atoms with Crippen molar-refractivity contribution < 1.29 is 19.1 Å². The number of carbonyl (C=O) groups excluding carboxylic acids is 2. The highest BCUT2D eigenvalue weighted by Crippen LogP contribution is 2.24. The molecule has 0 aromatic heterocycles. The first-order valence-corrected chi connectivity index (χ1v) is 9.68. The van der Waals surface area contributed by atoms with Crippen LogP contribution < -0.4 is 4.74 Å². The molecule has 0 heterocycles. The Morgan fingerprint density at radius 2 is 1.36 bits per heavy atom. The number of esters is 2. The summed E-state index contributed by atoms with van der Waals surface area (Å²) in [4.78, 5) is 23.3. The lowest BCUT2D eigenvalue weighted by Crippen LogP contribution is -2.12. The Hall–Kier alpha value is -0.970. The minimum atomic E-state index is -0.533. The lowest BCUT2D eigenvalue weighted by atomic mass is 10.1. The van der Waals surface area contributed by atoms with Crippen molar-refractivity contribution in [2.24, 2.45) is 0 Å². The summed E-state index contributed by atoms with van der Waals surface area (Å²) in [5.74, 6) is 0.0348. The van der Waals surface area contributed by atoms with Crippen LogP contribution in [0.5, 0.6) is 5.75 Å². The Morgan fingerprint density at radius 3 is 2.00 bits per heavy atom. The zero-order valence-electron chi connectivity index (χ0n) is 14.1. The summed E-state index contributed by atoms with van der Waals surface area (Å²) in [5, 5.41) is 0.745. The fraction of sp³-hybridized carbons (Fsp3) is 0.556. The van der Waals surface area contributed by atoms with Gasteiger partial charge in [-0.25, -0.2) is 0 Å². The van der Waals surface area contributed by atoms with E-state index in [2.05, 4.69) is 0 Å². The molecule has 1 aromatic carbocycles. The normalized spacial score (nSPS) is 10.5. The lowest BCUT2D eigenvalue weighted by Gasteiger charge is -2.06. The van der Waals surface area contributed by atoms with Crippen molar-refractivity contribution in [3.63, 3.8) is 0 Å². The summed E-state index contributed by atoms with van der Waals surface area (Å²) in [6.45, 7) is 0.382. The number of hydrogen-bond acceptors (Lipinski definition) is 4. The summed E-state index contributed by atoms with van der Waals surface area (Å²) in [6, 6.07) is 4.50. The van der Waals surface area contributed by atoms with Gasteiger partial charge in [-0.05, 0) is 31.0 Å². The third-order valence-electron chi connectivity index (χ3n) is 3.39. The Bertz CT molecular complexity index is 529. The van der Waals surface area contributed by atoms with Gasteiger partial charge in [0, 0.05) is 15.9 Å². The number of carbonyl (C=O) groups is 2. The SMILES string of the molecule is O=C(CCC(=O)Oc1cc(Cl)cc(Cl)c1)OCCCCCCCCCl. The van der Waals surface area contributed by atoms with E-state index in [4.69, 9.17) is 44.3 Å².